The SMILES string of the molecule is C=CC1COCC1Cc1ccccc1. The Kier molecular flexibility index (Phi) is 3.00. The molecule has 2 atom stereocenters. The minimum absolute atomic E-state index is 0.537. The van der Waals surface area contributed by atoms with Crippen LogP contribution in [0.5, 0.6) is 0 Å². The van der Waals surface area contributed by atoms with Gasteiger partial charge in [0.25, 0.3) is 0 Å². The highest BCUT2D eigenvalue weighted by molar-refractivity contribution is 5.16. The van der Waals surface area contributed by atoms with Crippen LogP contribution in [-0.2, 0) is 11.2 Å². The third-order valence-electron chi connectivity index (χ3n) is 2.89. The molecule has 0 N–H and O–H groups in total. The van der Waals surface area contributed by atoms with Gasteiger partial charge in [0.1, 0.15) is 0 Å². The summed E-state index contributed by atoms with van der Waals surface area (Å²) in [5.74, 6) is 1.16. The van der Waals surface area contributed by atoms with E-state index in [2.05, 4.69) is 36.9 Å². The first kappa shape index (κ1) is 9.47. The van der Waals surface area contributed by atoms with E-state index in [1.54, 1.807) is 0 Å². The van der Waals surface area contributed by atoms with Gasteiger partial charge in [0.15, 0.2) is 0 Å². The molecule has 74 valence electrons. The summed E-state index contributed by atoms with van der Waals surface area (Å²) in [5, 5.41) is 0. The van der Waals surface area contributed by atoms with Gasteiger partial charge in [-0.1, -0.05) is 36.4 Å². The summed E-state index contributed by atoms with van der Waals surface area (Å²) < 4.78 is 5.46. The fraction of sp³-hybridized carbons (Fsp3) is 0.385. The van der Waals surface area contributed by atoms with E-state index in [-0.39, 0.29) is 0 Å². The normalized spacial score (nSPS) is 26.3. The molecule has 1 saturated heterocycles. The van der Waals surface area contributed by atoms with E-state index in [0.717, 1.165) is 19.6 Å². The van der Waals surface area contributed by atoms with Crippen molar-refractivity contribution in [3.8, 4) is 0 Å². The van der Waals surface area contributed by atoms with Crippen molar-refractivity contribution in [2.45, 2.75) is 6.42 Å². The minimum atomic E-state index is 0.537. The maximum Gasteiger partial charge on any atom is 0.0532 e. The number of ether oxygens (including phenoxy) is 1. The fourth-order valence-electron chi connectivity index (χ4n) is 2.00. The number of hydrogen-bond acceptors (Lipinski definition) is 1. The molecule has 2 rings (SSSR count). The predicted molar refractivity (Wildman–Crippen MR) is 58.1 cm³/mol. The van der Waals surface area contributed by atoms with Crippen LogP contribution in [0.1, 0.15) is 5.56 Å². The molecule has 0 bridgehead atoms. The van der Waals surface area contributed by atoms with Crippen molar-refractivity contribution >= 4 is 0 Å². The summed E-state index contributed by atoms with van der Waals surface area (Å²) in [6.07, 6.45) is 3.14. The van der Waals surface area contributed by atoms with Crippen molar-refractivity contribution in [3.63, 3.8) is 0 Å². The van der Waals surface area contributed by atoms with Gasteiger partial charge in [-0.25, -0.2) is 0 Å². The molecular formula is C13H16O. The van der Waals surface area contributed by atoms with Crippen molar-refractivity contribution < 1.29 is 4.74 Å². The highest BCUT2D eigenvalue weighted by Crippen LogP contribution is 2.25. The molecule has 1 aromatic rings. The van der Waals surface area contributed by atoms with Crippen LogP contribution in [0.25, 0.3) is 0 Å². The van der Waals surface area contributed by atoms with Gasteiger partial charge in [0.05, 0.1) is 13.2 Å². The third-order valence-corrected chi connectivity index (χ3v) is 2.89. The van der Waals surface area contributed by atoms with Crippen LogP contribution in [0.3, 0.4) is 0 Å². The van der Waals surface area contributed by atoms with Crippen LogP contribution in [0, 0.1) is 11.8 Å². The second-order valence-electron chi connectivity index (χ2n) is 3.89. The van der Waals surface area contributed by atoms with Crippen molar-refractivity contribution in [1.29, 1.82) is 0 Å². The molecule has 14 heavy (non-hydrogen) atoms. The van der Waals surface area contributed by atoms with Crippen molar-refractivity contribution in [1.82, 2.24) is 0 Å². The molecule has 0 radical (unpaired) electrons. The van der Waals surface area contributed by atoms with E-state index >= 15 is 0 Å². The monoisotopic (exact) mass is 188 g/mol. The lowest BCUT2D eigenvalue weighted by atomic mass is 9.90. The molecule has 0 saturated carbocycles. The summed E-state index contributed by atoms with van der Waals surface area (Å²) in [7, 11) is 0. The van der Waals surface area contributed by atoms with Gasteiger partial charge in [0.2, 0.25) is 0 Å². The lowest BCUT2D eigenvalue weighted by Gasteiger charge is -2.13. The van der Waals surface area contributed by atoms with Crippen molar-refractivity contribution in [2.24, 2.45) is 11.8 Å². The van der Waals surface area contributed by atoms with Crippen LogP contribution in [0.15, 0.2) is 43.0 Å². The van der Waals surface area contributed by atoms with E-state index in [1.807, 2.05) is 6.08 Å². The molecule has 0 amide bonds. The fourth-order valence-corrected chi connectivity index (χ4v) is 2.00. The summed E-state index contributed by atoms with van der Waals surface area (Å²) >= 11 is 0. The molecular weight excluding hydrogens is 172 g/mol. The second-order valence-corrected chi connectivity index (χ2v) is 3.89. The van der Waals surface area contributed by atoms with Crippen LogP contribution < -0.4 is 0 Å². The highest BCUT2D eigenvalue weighted by atomic mass is 16.5. The summed E-state index contributed by atoms with van der Waals surface area (Å²) in [5.41, 5.74) is 1.40. The van der Waals surface area contributed by atoms with E-state index in [9.17, 15) is 0 Å². The van der Waals surface area contributed by atoms with E-state index < -0.39 is 0 Å². The Hall–Kier alpha value is -1.08. The van der Waals surface area contributed by atoms with Gasteiger partial charge < -0.3 is 4.74 Å². The number of benzene rings is 1. The second kappa shape index (κ2) is 4.43. The Bertz CT molecular complexity index is 291. The third kappa shape index (κ3) is 2.05. The van der Waals surface area contributed by atoms with Crippen molar-refractivity contribution in [2.75, 3.05) is 13.2 Å². The van der Waals surface area contributed by atoms with Gasteiger partial charge in [-0.3, -0.25) is 0 Å². The van der Waals surface area contributed by atoms with Crippen LogP contribution in [-0.4, -0.2) is 13.2 Å². The largest absolute Gasteiger partial charge is 0.381 e. The van der Waals surface area contributed by atoms with E-state index in [1.165, 1.54) is 5.56 Å². The molecule has 1 aromatic carbocycles. The standard InChI is InChI=1S/C13H16O/c1-2-12-9-14-10-13(12)8-11-6-4-3-5-7-11/h2-7,12-13H,1,8-10H2. The Morgan fingerprint density at radius 2 is 2.07 bits per heavy atom. The number of hydrogen-bond donors (Lipinski definition) is 0. The lowest BCUT2D eigenvalue weighted by molar-refractivity contribution is 0.183. The predicted octanol–water partition coefficient (Wildman–Crippen LogP) is 2.68. The van der Waals surface area contributed by atoms with Crippen LogP contribution >= 0.6 is 0 Å². The Balaban J connectivity index is 2.00. The summed E-state index contributed by atoms with van der Waals surface area (Å²) in [6.45, 7) is 5.58. The maximum absolute atomic E-state index is 5.46. The molecule has 1 aliphatic heterocycles. The van der Waals surface area contributed by atoms with Crippen LogP contribution in [0.4, 0.5) is 0 Å². The quantitative estimate of drug-likeness (QED) is 0.663. The van der Waals surface area contributed by atoms with Gasteiger partial charge in [0, 0.05) is 5.92 Å². The van der Waals surface area contributed by atoms with Crippen LogP contribution in [0.2, 0.25) is 0 Å². The van der Waals surface area contributed by atoms with Crippen molar-refractivity contribution in [3.05, 3.63) is 48.6 Å². The zero-order valence-corrected chi connectivity index (χ0v) is 8.36. The molecule has 0 aliphatic carbocycles. The van der Waals surface area contributed by atoms with E-state index in [4.69, 9.17) is 4.74 Å². The van der Waals surface area contributed by atoms with E-state index in [0.29, 0.717) is 11.8 Å². The Morgan fingerprint density at radius 3 is 2.79 bits per heavy atom. The molecule has 1 fully saturated rings. The molecule has 2 unspecified atom stereocenters. The molecule has 0 aromatic heterocycles. The number of rotatable bonds is 3. The summed E-state index contributed by atoms with van der Waals surface area (Å²) in [6, 6.07) is 10.6. The van der Waals surface area contributed by atoms with Gasteiger partial charge in [-0.2, -0.15) is 0 Å². The molecule has 0 spiro atoms. The maximum atomic E-state index is 5.46. The molecule has 1 nitrogen and oxygen atoms in total. The Morgan fingerprint density at radius 1 is 1.29 bits per heavy atom. The molecule has 1 heterocycles. The Labute approximate surface area is 85.4 Å². The zero-order chi connectivity index (χ0) is 9.80. The van der Waals surface area contributed by atoms with Gasteiger partial charge in [-0.15, -0.1) is 6.58 Å². The summed E-state index contributed by atoms with van der Waals surface area (Å²) in [4.78, 5) is 0. The molecule has 1 heteroatoms. The van der Waals surface area contributed by atoms with Gasteiger partial charge >= 0.3 is 0 Å². The topological polar surface area (TPSA) is 9.23 Å². The lowest BCUT2D eigenvalue weighted by Crippen LogP contribution is -2.12. The van der Waals surface area contributed by atoms with Gasteiger partial charge in [-0.05, 0) is 17.9 Å². The average molecular weight is 188 g/mol. The highest BCUT2D eigenvalue weighted by Gasteiger charge is 2.25. The first-order valence-corrected chi connectivity index (χ1v) is 5.14. The smallest absolute Gasteiger partial charge is 0.0532 e. The first-order chi connectivity index (χ1) is 6.90. The molecule has 1 aliphatic rings. The zero-order valence-electron chi connectivity index (χ0n) is 8.36. The minimum Gasteiger partial charge on any atom is -0.381 e. The first-order valence-electron chi connectivity index (χ1n) is 5.14. The average Bonchev–Trinajstić information content (AvgIpc) is 2.67.